The summed E-state index contributed by atoms with van der Waals surface area (Å²) in [7, 11) is 3.46. The number of carbonyl (C=O) groups excluding carboxylic acids is 3. The fourth-order valence-electron chi connectivity index (χ4n) is 18.6. The van der Waals surface area contributed by atoms with Crippen molar-refractivity contribution in [3.63, 3.8) is 0 Å². The van der Waals surface area contributed by atoms with E-state index < -0.39 is 0 Å². The molecule has 0 heterocycles. The number of amides is 1. The summed E-state index contributed by atoms with van der Waals surface area (Å²) in [6, 6.07) is 0. The molecule has 0 saturated heterocycles. The number of hydrogen-bond donors (Lipinski definition) is 2. The Bertz CT molecular complexity index is 1580. The summed E-state index contributed by atoms with van der Waals surface area (Å²) in [5.74, 6) is 9.87. The highest BCUT2D eigenvalue weighted by Crippen LogP contribution is 2.70. The van der Waals surface area contributed by atoms with Crippen LogP contribution in [-0.2, 0) is 23.9 Å². The van der Waals surface area contributed by atoms with Gasteiger partial charge in [-0.05, 0) is 214 Å². The maximum atomic E-state index is 12.2. The van der Waals surface area contributed by atoms with E-state index in [-0.39, 0.29) is 30.3 Å². The SMILES string of the molecule is COC(=O)CC[C@@H](C)[C@H]1CC[C@H]2[C@@H]3[C@H](O)C[C@@H]4C[C@H](C)CC[C@]4(C)[C@H]3CC[C@]12C.CO[C@@H]1C[C@@H]2C[C@H](C)CC[C@]2(C)[C@H]2CC[C@]3(C)[C@@H]([C@H](C)CCC(=O)NCC(C)=O)CC[C@H]3[C@H]12. The molecule has 8 rings (SSSR count). The molecule has 20 atom stereocenters. The number of rotatable bonds is 11. The summed E-state index contributed by atoms with van der Waals surface area (Å²) < 4.78 is 11.2. The van der Waals surface area contributed by atoms with Crippen LogP contribution in [0.1, 0.15) is 191 Å². The second-order valence-corrected chi connectivity index (χ2v) is 25.1. The molecule has 8 aliphatic carbocycles. The predicted octanol–water partition coefficient (Wildman–Crippen LogP) is 11.9. The Morgan fingerprint density at radius 1 is 0.629 bits per heavy atom. The monoisotopic (exact) mass is 864 g/mol. The number of ether oxygens (including phenoxy) is 2. The molecule has 7 nitrogen and oxygen atoms in total. The van der Waals surface area contributed by atoms with Crippen LogP contribution in [0.25, 0.3) is 0 Å². The fourth-order valence-corrected chi connectivity index (χ4v) is 18.6. The number of Topliss-reactive ketones (excluding diaryl/α,β-unsaturated/α-hetero) is 1. The van der Waals surface area contributed by atoms with Crippen molar-refractivity contribution in [1.29, 1.82) is 0 Å². The number of hydrogen-bond acceptors (Lipinski definition) is 6. The van der Waals surface area contributed by atoms with Gasteiger partial charge in [0.2, 0.25) is 5.91 Å². The van der Waals surface area contributed by atoms with E-state index in [0.29, 0.717) is 87.9 Å². The molecule has 0 aromatic heterocycles. The molecule has 2 N–H and O–H groups in total. The van der Waals surface area contributed by atoms with Crippen LogP contribution in [0.4, 0.5) is 0 Å². The molecule has 0 radical (unpaired) electrons. The lowest BCUT2D eigenvalue weighted by Gasteiger charge is -2.63. The van der Waals surface area contributed by atoms with Crippen molar-refractivity contribution in [2.75, 3.05) is 20.8 Å². The smallest absolute Gasteiger partial charge is 0.305 e. The quantitative estimate of drug-likeness (QED) is 0.201. The Morgan fingerprint density at radius 3 is 1.61 bits per heavy atom. The Balaban J connectivity index is 0.000000188. The summed E-state index contributed by atoms with van der Waals surface area (Å²) in [5, 5.41) is 14.2. The zero-order valence-corrected chi connectivity index (χ0v) is 41.6. The van der Waals surface area contributed by atoms with Crippen molar-refractivity contribution < 1.29 is 29.0 Å². The molecule has 0 spiro atoms. The molecule has 0 aromatic rings. The predicted molar refractivity (Wildman–Crippen MR) is 249 cm³/mol. The van der Waals surface area contributed by atoms with E-state index in [0.717, 1.165) is 54.8 Å². The van der Waals surface area contributed by atoms with Crippen molar-refractivity contribution in [2.24, 2.45) is 105 Å². The van der Waals surface area contributed by atoms with Gasteiger partial charge in [0.05, 0.1) is 25.9 Å². The van der Waals surface area contributed by atoms with Gasteiger partial charge >= 0.3 is 5.97 Å². The van der Waals surface area contributed by atoms with Crippen LogP contribution in [0.5, 0.6) is 0 Å². The first-order valence-electron chi connectivity index (χ1n) is 26.3. The minimum atomic E-state index is -0.0999. The number of esters is 1. The van der Waals surface area contributed by atoms with E-state index in [1.54, 1.807) is 0 Å². The number of nitrogens with one attached hydrogen (secondary N) is 1. The maximum Gasteiger partial charge on any atom is 0.305 e. The molecule has 0 aliphatic heterocycles. The van der Waals surface area contributed by atoms with Crippen molar-refractivity contribution in [2.45, 2.75) is 203 Å². The summed E-state index contributed by atoms with van der Waals surface area (Å²) in [6.07, 6.45) is 24.4. The second-order valence-electron chi connectivity index (χ2n) is 25.1. The number of carbonyl (C=O) groups is 3. The number of methoxy groups -OCH3 is 2. The molecular weight excluding hydrogens is 771 g/mol. The van der Waals surface area contributed by atoms with Crippen LogP contribution in [0.15, 0.2) is 0 Å². The van der Waals surface area contributed by atoms with Gasteiger partial charge in [-0.25, -0.2) is 0 Å². The highest BCUT2D eigenvalue weighted by atomic mass is 16.5. The minimum Gasteiger partial charge on any atom is -0.469 e. The molecule has 7 heteroatoms. The summed E-state index contributed by atoms with van der Waals surface area (Å²) >= 11 is 0. The molecule has 0 unspecified atom stereocenters. The Labute approximate surface area is 378 Å². The van der Waals surface area contributed by atoms with Crippen LogP contribution >= 0.6 is 0 Å². The number of aliphatic hydroxyl groups is 1. The van der Waals surface area contributed by atoms with E-state index in [1.165, 1.54) is 110 Å². The number of aliphatic hydroxyl groups excluding tert-OH is 1. The van der Waals surface area contributed by atoms with Crippen LogP contribution in [0.3, 0.4) is 0 Å². The van der Waals surface area contributed by atoms with Gasteiger partial charge < -0.3 is 19.9 Å². The topological polar surface area (TPSA) is 102 Å². The first kappa shape index (κ1) is 48.5. The van der Waals surface area contributed by atoms with E-state index in [9.17, 15) is 19.5 Å². The van der Waals surface area contributed by atoms with Gasteiger partial charge in [0.25, 0.3) is 0 Å². The highest BCUT2D eigenvalue weighted by Gasteiger charge is 2.64. The molecular formula is C55H93NO6. The first-order chi connectivity index (χ1) is 29.3. The van der Waals surface area contributed by atoms with E-state index >= 15 is 0 Å². The molecule has 354 valence electrons. The van der Waals surface area contributed by atoms with Gasteiger partial charge in [0.15, 0.2) is 0 Å². The van der Waals surface area contributed by atoms with Crippen LogP contribution in [-0.4, -0.2) is 55.7 Å². The minimum absolute atomic E-state index is 0.0165. The molecule has 62 heavy (non-hydrogen) atoms. The average Bonchev–Trinajstić information content (AvgIpc) is 3.78. The van der Waals surface area contributed by atoms with Gasteiger partial charge in [0, 0.05) is 20.0 Å². The van der Waals surface area contributed by atoms with Gasteiger partial charge in [-0.15, -0.1) is 0 Å². The van der Waals surface area contributed by atoms with Gasteiger partial charge in [0.1, 0.15) is 5.78 Å². The molecule has 8 fully saturated rings. The molecule has 8 aliphatic rings. The van der Waals surface area contributed by atoms with Crippen molar-refractivity contribution >= 4 is 17.7 Å². The standard InChI is InChI=1S/C29H49NO3.C26H44O3/c1-18-11-13-28(4)21(15-18)16-25(33-6)27-23-9-8-22(29(23,5)14-12-24(27)28)19(2)7-10-26(32)30-17-20(3)31;1-16-10-12-25(3)18(14-16)15-22(27)24-20-8-7-19(17(2)6-9-23(28)29-5)26(20,4)13-11-21(24)25/h18-19,21-25,27H,7-17H2,1-6H3,(H,30,32);16-22,24,27H,6-15H2,1-5H3/t18-,19-,21+,22-,23+,24+,25-,27+,28+,29-;16-,17-,18+,19-,20+,21+,22-,24+,25+,26-/m11/s1. The van der Waals surface area contributed by atoms with E-state index in [2.05, 4.69) is 60.7 Å². The van der Waals surface area contributed by atoms with Crippen LogP contribution in [0.2, 0.25) is 0 Å². The summed E-state index contributed by atoms with van der Waals surface area (Å²) in [4.78, 5) is 35.0. The summed E-state index contributed by atoms with van der Waals surface area (Å²) in [6.45, 7) is 21.6. The van der Waals surface area contributed by atoms with Crippen molar-refractivity contribution in [1.82, 2.24) is 5.32 Å². The largest absolute Gasteiger partial charge is 0.469 e. The Morgan fingerprint density at radius 2 is 1.10 bits per heavy atom. The third-order valence-corrected chi connectivity index (χ3v) is 22.1. The van der Waals surface area contributed by atoms with E-state index in [4.69, 9.17) is 9.47 Å². The van der Waals surface area contributed by atoms with Gasteiger partial charge in [-0.2, -0.15) is 0 Å². The summed E-state index contributed by atoms with van der Waals surface area (Å²) in [5.41, 5.74) is 1.67. The van der Waals surface area contributed by atoms with E-state index in [1.807, 2.05) is 7.11 Å². The maximum absolute atomic E-state index is 12.2. The fraction of sp³-hybridized carbons (Fsp3) is 0.945. The van der Waals surface area contributed by atoms with Crippen LogP contribution < -0.4 is 5.32 Å². The molecule has 1 amide bonds. The third-order valence-electron chi connectivity index (χ3n) is 22.1. The highest BCUT2D eigenvalue weighted by molar-refractivity contribution is 5.84. The molecule has 0 bridgehead atoms. The van der Waals surface area contributed by atoms with Gasteiger partial charge in [-0.3, -0.25) is 14.4 Å². The zero-order chi connectivity index (χ0) is 44.9. The molecule has 0 aromatic carbocycles. The lowest BCUT2D eigenvalue weighted by molar-refractivity contribution is -0.176. The Hall–Kier alpha value is -1.47. The number of ketones is 1. The van der Waals surface area contributed by atoms with Crippen LogP contribution in [0, 0.1) is 105 Å². The average molecular weight is 864 g/mol. The second kappa shape index (κ2) is 19.0. The number of fused-ring (bicyclic) bond motifs is 10. The zero-order valence-electron chi connectivity index (χ0n) is 41.6. The third kappa shape index (κ3) is 8.90. The van der Waals surface area contributed by atoms with Crippen molar-refractivity contribution in [3.8, 4) is 0 Å². The lowest BCUT2D eigenvalue weighted by Crippen LogP contribution is -2.58. The molecule has 8 saturated carbocycles. The van der Waals surface area contributed by atoms with Gasteiger partial charge in [-0.1, -0.05) is 68.2 Å². The normalized spacial score (nSPS) is 47.7. The Kier molecular flexibility index (Phi) is 14.9. The lowest BCUT2D eigenvalue weighted by atomic mass is 9.43. The first-order valence-corrected chi connectivity index (χ1v) is 26.3. The van der Waals surface area contributed by atoms with Crippen molar-refractivity contribution in [3.05, 3.63) is 0 Å².